The first-order chi connectivity index (χ1) is 12.4. The van der Waals surface area contributed by atoms with Crippen LogP contribution in [0.5, 0.6) is 0 Å². The van der Waals surface area contributed by atoms with Crippen molar-refractivity contribution in [2.75, 3.05) is 18.1 Å². The van der Waals surface area contributed by atoms with Gasteiger partial charge in [-0.05, 0) is 46.6 Å². The number of nitrogens with two attached hydrogens (primary N) is 1. The van der Waals surface area contributed by atoms with Crippen LogP contribution < -0.4 is 11.1 Å². The van der Waals surface area contributed by atoms with E-state index in [0.29, 0.717) is 0 Å². The first-order valence-corrected chi connectivity index (χ1v) is 9.78. The van der Waals surface area contributed by atoms with E-state index in [2.05, 4.69) is 10.3 Å². The van der Waals surface area contributed by atoms with Crippen LogP contribution in [0.25, 0.3) is 0 Å². The molecule has 2 atom stereocenters. The number of benzene rings is 1. The highest BCUT2D eigenvalue weighted by Gasteiger charge is 2.32. The fraction of sp³-hybridized carbons (Fsp3) is 0.250. The molecule has 0 fully saturated rings. The zero-order chi connectivity index (χ0) is 20.4. The number of hydrogen-bond donors (Lipinski definition) is 2. The molecule has 0 aliphatic carbocycles. The number of amides is 1. The van der Waals surface area contributed by atoms with Crippen molar-refractivity contribution >= 4 is 31.0 Å². The van der Waals surface area contributed by atoms with Gasteiger partial charge in [-0.25, -0.2) is 22.2 Å². The number of nitrogens with one attached hydrogen (secondary N) is 1. The van der Waals surface area contributed by atoms with Gasteiger partial charge in [0.25, 0.3) is 5.91 Å². The van der Waals surface area contributed by atoms with E-state index in [1.54, 1.807) is 0 Å². The van der Waals surface area contributed by atoms with E-state index >= 15 is 0 Å². The van der Waals surface area contributed by atoms with Gasteiger partial charge in [0.15, 0.2) is 0 Å². The molecule has 0 aliphatic rings. The van der Waals surface area contributed by atoms with E-state index in [9.17, 15) is 22.0 Å². The zero-order valence-corrected chi connectivity index (χ0v) is 16.6. The molecular weight excluding hydrogens is 397 g/mol. The molecule has 146 valence electrons. The number of aromatic nitrogens is 1. The van der Waals surface area contributed by atoms with Gasteiger partial charge in [0, 0.05) is 18.3 Å². The summed E-state index contributed by atoms with van der Waals surface area (Å²) >= 11 is 0. The molecule has 0 spiro atoms. The molecular formula is C16H19F2N4O3PS. The van der Waals surface area contributed by atoms with Gasteiger partial charge in [-0.15, -0.1) is 0 Å². The molecule has 1 unspecified atom stereocenters. The highest BCUT2D eigenvalue weighted by Crippen LogP contribution is 2.27. The molecule has 1 aromatic carbocycles. The average Bonchev–Trinajstić information content (AvgIpc) is 2.56. The number of carbonyl (C=O) groups is 1. The highest BCUT2D eigenvalue weighted by atomic mass is 32.2. The SMILES string of the molecule is CN(P)S(=O)(=O)C[C@](C)(N)c1cc(NC(=O)c2ccc(F)cn2)ccc1F. The number of hydrogen-bond acceptors (Lipinski definition) is 5. The number of rotatable bonds is 6. The van der Waals surface area contributed by atoms with Gasteiger partial charge in [-0.3, -0.25) is 4.79 Å². The summed E-state index contributed by atoms with van der Waals surface area (Å²) in [5.41, 5.74) is 4.59. The van der Waals surface area contributed by atoms with Crippen LogP contribution >= 0.6 is 9.39 Å². The van der Waals surface area contributed by atoms with E-state index in [1.165, 1.54) is 32.2 Å². The van der Waals surface area contributed by atoms with Crippen molar-refractivity contribution in [3.8, 4) is 0 Å². The van der Waals surface area contributed by atoms with E-state index < -0.39 is 38.9 Å². The minimum atomic E-state index is -3.73. The van der Waals surface area contributed by atoms with Crippen molar-refractivity contribution in [2.45, 2.75) is 12.5 Å². The molecule has 0 saturated heterocycles. The Kier molecular flexibility index (Phi) is 6.26. The lowest BCUT2D eigenvalue weighted by atomic mass is 9.94. The standard InChI is InChI=1S/C16H19F2N4O3PS/c1-16(19,9-27(24,25)22(2)26)12-7-11(4-5-13(12)18)21-15(23)14-6-3-10(17)8-20-14/h3-8H,9,19,26H2,1-2H3,(H,21,23)/t16-/m0/s1. The Morgan fingerprint density at radius 1 is 1.33 bits per heavy atom. The Balaban J connectivity index is 2.30. The van der Waals surface area contributed by atoms with Gasteiger partial charge in [-0.1, -0.05) is 0 Å². The molecule has 1 aromatic heterocycles. The lowest BCUT2D eigenvalue weighted by Gasteiger charge is -2.27. The van der Waals surface area contributed by atoms with Crippen molar-refractivity contribution < 1.29 is 22.0 Å². The third kappa shape index (κ3) is 5.26. The quantitative estimate of drug-likeness (QED) is 0.699. The third-order valence-corrected chi connectivity index (χ3v) is 6.53. The summed E-state index contributed by atoms with van der Waals surface area (Å²) in [6.07, 6.45) is 0.895. The number of halogens is 2. The molecule has 7 nitrogen and oxygen atoms in total. The van der Waals surface area contributed by atoms with Crippen LogP contribution in [0.1, 0.15) is 23.0 Å². The number of nitrogens with zero attached hydrogens (tertiary/aromatic N) is 2. The highest BCUT2D eigenvalue weighted by molar-refractivity contribution is 7.91. The van der Waals surface area contributed by atoms with Gasteiger partial charge in [0.2, 0.25) is 10.0 Å². The molecule has 2 rings (SSSR count). The molecule has 2 aromatic rings. The minimum absolute atomic E-state index is 0.0370. The monoisotopic (exact) mass is 416 g/mol. The Hall–Kier alpha value is -2.00. The first-order valence-electron chi connectivity index (χ1n) is 7.65. The van der Waals surface area contributed by atoms with Crippen LogP contribution in [0.3, 0.4) is 0 Å². The average molecular weight is 416 g/mol. The molecule has 1 heterocycles. The van der Waals surface area contributed by atoms with E-state index in [0.717, 1.165) is 22.4 Å². The Labute approximate surface area is 158 Å². The van der Waals surface area contributed by atoms with Crippen molar-refractivity contribution in [3.05, 3.63) is 59.4 Å². The molecule has 0 saturated carbocycles. The van der Waals surface area contributed by atoms with Crippen LogP contribution in [0, 0.1) is 11.6 Å². The molecule has 11 heteroatoms. The fourth-order valence-electron chi connectivity index (χ4n) is 2.30. The van der Waals surface area contributed by atoms with Crippen molar-refractivity contribution in [2.24, 2.45) is 5.73 Å². The lowest BCUT2D eigenvalue weighted by molar-refractivity contribution is 0.102. The first kappa shape index (κ1) is 21.3. The van der Waals surface area contributed by atoms with Crippen molar-refractivity contribution in [3.63, 3.8) is 0 Å². The van der Waals surface area contributed by atoms with Crippen molar-refractivity contribution in [1.82, 2.24) is 9.06 Å². The second-order valence-corrected chi connectivity index (χ2v) is 9.38. The maximum Gasteiger partial charge on any atom is 0.274 e. The van der Waals surface area contributed by atoms with Crippen LogP contribution in [-0.4, -0.2) is 36.2 Å². The summed E-state index contributed by atoms with van der Waals surface area (Å²) in [5, 5.41) is 2.49. The van der Waals surface area contributed by atoms with E-state index in [-0.39, 0.29) is 16.9 Å². The largest absolute Gasteiger partial charge is 0.321 e. The molecule has 0 bridgehead atoms. The number of sulfonamides is 1. The summed E-state index contributed by atoms with van der Waals surface area (Å²) < 4.78 is 52.3. The van der Waals surface area contributed by atoms with Crippen LogP contribution in [0.2, 0.25) is 0 Å². The predicted molar refractivity (Wildman–Crippen MR) is 101 cm³/mol. The smallest absolute Gasteiger partial charge is 0.274 e. The van der Waals surface area contributed by atoms with Gasteiger partial charge in [-0.2, -0.15) is 4.08 Å². The summed E-state index contributed by atoms with van der Waals surface area (Å²) in [6, 6.07) is 5.91. The molecule has 27 heavy (non-hydrogen) atoms. The summed E-state index contributed by atoms with van der Waals surface area (Å²) in [5.74, 6) is -2.48. The normalized spacial score (nSPS) is 14.0. The summed E-state index contributed by atoms with van der Waals surface area (Å²) in [4.78, 5) is 15.8. The van der Waals surface area contributed by atoms with Gasteiger partial charge in [0.1, 0.15) is 17.3 Å². The number of anilines is 1. The molecule has 0 radical (unpaired) electrons. The summed E-state index contributed by atoms with van der Waals surface area (Å²) in [7, 11) is -0.406. The maximum absolute atomic E-state index is 14.3. The lowest BCUT2D eigenvalue weighted by Crippen LogP contribution is -2.43. The Bertz CT molecular complexity index is 951. The van der Waals surface area contributed by atoms with Crippen LogP contribution in [0.15, 0.2) is 36.5 Å². The predicted octanol–water partition coefficient (Wildman–Crippen LogP) is 1.84. The second-order valence-electron chi connectivity index (χ2n) is 6.20. The second kappa shape index (κ2) is 7.93. The summed E-state index contributed by atoms with van der Waals surface area (Å²) in [6.45, 7) is 1.38. The van der Waals surface area contributed by atoms with Crippen molar-refractivity contribution in [1.29, 1.82) is 0 Å². The zero-order valence-electron chi connectivity index (χ0n) is 14.6. The minimum Gasteiger partial charge on any atom is -0.321 e. The fourth-order valence-corrected chi connectivity index (χ4v) is 3.65. The van der Waals surface area contributed by atoms with E-state index in [4.69, 9.17) is 5.73 Å². The number of pyridine rings is 1. The number of carbonyl (C=O) groups excluding carboxylic acids is 1. The molecule has 3 N–H and O–H groups in total. The molecule has 0 aliphatic heterocycles. The van der Waals surface area contributed by atoms with E-state index in [1.807, 2.05) is 9.39 Å². The Morgan fingerprint density at radius 3 is 2.56 bits per heavy atom. The van der Waals surface area contributed by atoms with Gasteiger partial charge >= 0.3 is 0 Å². The third-order valence-electron chi connectivity index (χ3n) is 3.72. The van der Waals surface area contributed by atoms with Crippen LogP contribution in [0.4, 0.5) is 14.5 Å². The Morgan fingerprint density at radius 2 is 2.00 bits per heavy atom. The van der Waals surface area contributed by atoms with Crippen LogP contribution in [-0.2, 0) is 15.6 Å². The topological polar surface area (TPSA) is 105 Å². The van der Waals surface area contributed by atoms with Gasteiger partial charge in [0.05, 0.1) is 17.5 Å². The van der Waals surface area contributed by atoms with Gasteiger partial charge < -0.3 is 11.1 Å². The maximum atomic E-state index is 14.3. The molecule has 1 amide bonds.